The van der Waals surface area contributed by atoms with Gasteiger partial charge in [0.15, 0.2) is 0 Å². The minimum Gasteiger partial charge on any atom is -0.508 e. The van der Waals surface area contributed by atoms with E-state index in [1.54, 1.807) is 18.0 Å². The zero-order chi connectivity index (χ0) is 17.5. The molecule has 0 aromatic heterocycles. The zero-order valence-electron chi connectivity index (χ0n) is 14.9. The van der Waals surface area contributed by atoms with Gasteiger partial charge >= 0.3 is 6.09 Å². The molecule has 0 aliphatic rings. The van der Waals surface area contributed by atoms with E-state index < -0.39 is 5.60 Å². The molecule has 1 unspecified atom stereocenters. The predicted molar refractivity (Wildman–Crippen MR) is 92.6 cm³/mol. The second-order valence-corrected chi connectivity index (χ2v) is 6.73. The van der Waals surface area contributed by atoms with Crippen molar-refractivity contribution in [1.82, 2.24) is 10.2 Å². The number of benzene rings is 1. The van der Waals surface area contributed by atoms with Gasteiger partial charge in [-0.15, -0.1) is 0 Å². The van der Waals surface area contributed by atoms with Crippen molar-refractivity contribution in [1.29, 1.82) is 0 Å². The van der Waals surface area contributed by atoms with Gasteiger partial charge in [0.1, 0.15) is 11.4 Å². The van der Waals surface area contributed by atoms with Gasteiger partial charge in [-0.05, 0) is 46.2 Å². The number of amides is 1. The summed E-state index contributed by atoms with van der Waals surface area (Å²) in [5, 5.41) is 13.4. The summed E-state index contributed by atoms with van der Waals surface area (Å²) in [6.45, 7) is 9.05. The number of rotatable bonds is 7. The van der Waals surface area contributed by atoms with Crippen LogP contribution in [0.1, 0.15) is 52.1 Å². The van der Waals surface area contributed by atoms with Gasteiger partial charge in [-0.3, -0.25) is 0 Å². The van der Waals surface area contributed by atoms with E-state index in [2.05, 4.69) is 12.2 Å². The maximum Gasteiger partial charge on any atom is 0.410 e. The van der Waals surface area contributed by atoms with Crippen LogP contribution in [0.15, 0.2) is 24.3 Å². The van der Waals surface area contributed by atoms with Crippen LogP contribution < -0.4 is 5.32 Å². The van der Waals surface area contributed by atoms with Gasteiger partial charge in [0.05, 0.1) is 0 Å². The molecule has 5 heteroatoms. The Morgan fingerprint density at radius 3 is 2.57 bits per heavy atom. The highest BCUT2D eigenvalue weighted by Crippen LogP contribution is 2.25. The minimum atomic E-state index is -0.471. The number of para-hydroxylation sites is 1. The highest BCUT2D eigenvalue weighted by molar-refractivity contribution is 5.67. The first-order chi connectivity index (χ1) is 10.7. The van der Waals surface area contributed by atoms with E-state index in [0.717, 1.165) is 24.9 Å². The number of phenols is 1. The quantitative estimate of drug-likeness (QED) is 0.752. The van der Waals surface area contributed by atoms with Gasteiger partial charge in [0.2, 0.25) is 0 Å². The van der Waals surface area contributed by atoms with Crippen molar-refractivity contribution >= 4 is 6.09 Å². The van der Waals surface area contributed by atoms with Crippen LogP contribution in [0.2, 0.25) is 0 Å². The average Bonchev–Trinajstić information content (AvgIpc) is 2.46. The van der Waals surface area contributed by atoms with E-state index in [1.165, 1.54) is 0 Å². The Balaban J connectivity index is 2.38. The van der Waals surface area contributed by atoms with Crippen molar-refractivity contribution in [3.05, 3.63) is 29.8 Å². The molecule has 0 bridgehead atoms. The molecule has 0 fully saturated rings. The van der Waals surface area contributed by atoms with E-state index in [0.29, 0.717) is 12.3 Å². The number of hydrogen-bond acceptors (Lipinski definition) is 4. The molecule has 1 rings (SSSR count). The third-order valence-corrected chi connectivity index (χ3v) is 3.49. The van der Waals surface area contributed by atoms with E-state index in [4.69, 9.17) is 4.74 Å². The van der Waals surface area contributed by atoms with E-state index in [1.807, 2.05) is 39.0 Å². The lowest BCUT2D eigenvalue weighted by atomic mass is 10.0. The largest absolute Gasteiger partial charge is 0.508 e. The Kier molecular flexibility index (Phi) is 7.36. The van der Waals surface area contributed by atoms with Crippen LogP contribution in [0.5, 0.6) is 5.75 Å². The number of phenolic OH excluding ortho intramolecular Hbond substituents is 1. The molecule has 1 amide bonds. The SMILES string of the molecule is CCC(NCCCN(C)C(=O)OC(C)(C)C)c1ccccc1O. The second-order valence-electron chi connectivity index (χ2n) is 6.73. The van der Waals surface area contributed by atoms with Crippen molar-refractivity contribution in [3.63, 3.8) is 0 Å². The predicted octanol–water partition coefficient (Wildman–Crippen LogP) is 3.69. The molecular formula is C18H30N2O3. The lowest BCUT2D eigenvalue weighted by Crippen LogP contribution is -2.35. The fourth-order valence-electron chi connectivity index (χ4n) is 2.28. The smallest absolute Gasteiger partial charge is 0.410 e. The first-order valence-corrected chi connectivity index (χ1v) is 8.20. The first kappa shape index (κ1) is 19.3. The topological polar surface area (TPSA) is 61.8 Å². The fraction of sp³-hybridized carbons (Fsp3) is 0.611. The molecule has 23 heavy (non-hydrogen) atoms. The summed E-state index contributed by atoms with van der Waals surface area (Å²) in [4.78, 5) is 13.5. The average molecular weight is 322 g/mol. The third-order valence-electron chi connectivity index (χ3n) is 3.49. The van der Waals surface area contributed by atoms with Crippen LogP contribution in [-0.4, -0.2) is 41.8 Å². The summed E-state index contributed by atoms with van der Waals surface area (Å²) in [7, 11) is 1.74. The van der Waals surface area contributed by atoms with Crippen LogP contribution in [0.3, 0.4) is 0 Å². The molecule has 0 spiro atoms. The van der Waals surface area contributed by atoms with Gasteiger partial charge < -0.3 is 20.1 Å². The van der Waals surface area contributed by atoms with Crippen LogP contribution in [0, 0.1) is 0 Å². The summed E-state index contributed by atoms with van der Waals surface area (Å²) >= 11 is 0. The van der Waals surface area contributed by atoms with Gasteiger partial charge in [-0.1, -0.05) is 25.1 Å². The molecule has 0 aliphatic heterocycles. The van der Waals surface area contributed by atoms with E-state index in [-0.39, 0.29) is 12.1 Å². The maximum absolute atomic E-state index is 11.9. The molecule has 1 aromatic rings. The molecule has 0 saturated carbocycles. The summed E-state index contributed by atoms with van der Waals surface area (Å²) in [5.74, 6) is 0.317. The standard InChI is InChI=1S/C18H30N2O3/c1-6-15(14-10-7-8-11-16(14)21)19-12-9-13-20(5)17(22)23-18(2,3)4/h7-8,10-11,15,19,21H,6,9,12-13H2,1-5H3. The van der Waals surface area contributed by atoms with Gasteiger partial charge in [-0.25, -0.2) is 4.79 Å². The molecule has 130 valence electrons. The first-order valence-electron chi connectivity index (χ1n) is 8.20. The number of aromatic hydroxyl groups is 1. The monoisotopic (exact) mass is 322 g/mol. The minimum absolute atomic E-state index is 0.114. The van der Waals surface area contributed by atoms with Crippen LogP contribution in [-0.2, 0) is 4.74 Å². The summed E-state index contributed by atoms with van der Waals surface area (Å²) in [6.07, 6.45) is 1.41. The normalized spacial score (nSPS) is 12.7. The number of carbonyl (C=O) groups excluding carboxylic acids is 1. The molecule has 2 N–H and O–H groups in total. The molecule has 0 aliphatic carbocycles. The van der Waals surface area contributed by atoms with Gasteiger partial charge in [-0.2, -0.15) is 0 Å². The summed E-state index contributed by atoms with van der Waals surface area (Å²) in [5.41, 5.74) is 0.442. The molecule has 1 aromatic carbocycles. The Bertz CT molecular complexity index is 497. The molecule has 0 heterocycles. The Morgan fingerprint density at radius 2 is 2.00 bits per heavy atom. The lowest BCUT2D eigenvalue weighted by molar-refractivity contribution is 0.0297. The Morgan fingerprint density at radius 1 is 1.35 bits per heavy atom. The number of hydrogen-bond donors (Lipinski definition) is 2. The van der Waals surface area contributed by atoms with Gasteiger partial charge in [0, 0.05) is 25.2 Å². The van der Waals surface area contributed by atoms with Crippen molar-refractivity contribution in [2.45, 2.75) is 52.2 Å². The molecule has 0 radical (unpaired) electrons. The van der Waals surface area contributed by atoms with Crippen LogP contribution in [0.4, 0.5) is 4.79 Å². The lowest BCUT2D eigenvalue weighted by Gasteiger charge is -2.25. The van der Waals surface area contributed by atoms with E-state index in [9.17, 15) is 9.90 Å². The van der Waals surface area contributed by atoms with Crippen molar-refractivity contribution in [3.8, 4) is 5.75 Å². The van der Waals surface area contributed by atoms with Crippen LogP contribution in [0.25, 0.3) is 0 Å². The highest BCUT2D eigenvalue weighted by Gasteiger charge is 2.19. The Labute approximate surface area is 139 Å². The van der Waals surface area contributed by atoms with Crippen LogP contribution >= 0.6 is 0 Å². The zero-order valence-corrected chi connectivity index (χ0v) is 14.9. The molecule has 5 nitrogen and oxygen atoms in total. The summed E-state index contributed by atoms with van der Waals surface area (Å²) < 4.78 is 5.32. The number of nitrogens with one attached hydrogen (secondary N) is 1. The molecule has 1 atom stereocenters. The number of carbonyl (C=O) groups is 1. The highest BCUT2D eigenvalue weighted by atomic mass is 16.6. The maximum atomic E-state index is 11.9. The van der Waals surface area contributed by atoms with Crippen molar-refractivity contribution < 1.29 is 14.6 Å². The van der Waals surface area contributed by atoms with Gasteiger partial charge in [0.25, 0.3) is 0 Å². The Hall–Kier alpha value is -1.75. The third kappa shape index (κ3) is 6.91. The van der Waals surface area contributed by atoms with Crippen molar-refractivity contribution in [2.75, 3.05) is 20.1 Å². The second kappa shape index (κ2) is 8.77. The number of nitrogens with zero attached hydrogens (tertiary/aromatic N) is 1. The molecule has 0 saturated heterocycles. The molecular weight excluding hydrogens is 292 g/mol. The number of ether oxygens (including phenoxy) is 1. The van der Waals surface area contributed by atoms with Crippen molar-refractivity contribution in [2.24, 2.45) is 0 Å². The van der Waals surface area contributed by atoms with E-state index >= 15 is 0 Å². The summed E-state index contributed by atoms with van der Waals surface area (Å²) in [6, 6.07) is 7.50. The fourth-order valence-corrected chi connectivity index (χ4v) is 2.28.